The maximum atomic E-state index is 10.9. The van der Waals surface area contributed by atoms with Gasteiger partial charge in [0.1, 0.15) is 11.5 Å². The number of nitrogens with zero attached hydrogens (tertiary/aromatic N) is 1. The Labute approximate surface area is 101 Å². The SMILES string of the molecule is COc1cc2c(c(OC)c1)CCCN(C=O)C2. The fourth-order valence-corrected chi connectivity index (χ4v) is 2.25. The van der Waals surface area contributed by atoms with Crippen LogP contribution in [0.1, 0.15) is 17.5 Å². The van der Waals surface area contributed by atoms with Crippen LogP contribution in [0.2, 0.25) is 0 Å². The first-order valence-corrected chi connectivity index (χ1v) is 5.71. The van der Waals surface area contributed by atoms with E-state index in [-0.39, 0.29) is 0 Å². The molecule has 0 saturated carbocycles. The Hall–Kier alpha value is -1.71. The van der Waals surface area contributed by atoms with Gasteiger partial charge in [-0.05, 0) is 30.0 Å². The van der Waals surface area contributed by atoms with Crippen molar-refractivity contribution in [1.29, 1.82) is 0 Å². The van der Waals surface area contributed by atoms with Crippen LogP contribution in [-0.4, -0.2) is 32.1 Å². The Kier molecular flexibility index (Phi) is 3.52. The summed E-state index contributed by atoms with van der Waals surface area (Å²) in [6, 6.07) is 3.88. The van der Waals surface area contributed by atoms with Gasteiger partial charge in [0.15, 0.2) is 0 Å². The van der Waals surface area contributed by atoms with Crippen molar-refractivity contribution in [3.8, 4) is 11.5 Å². The molecule has 0 saturated heterocycles. The van der Waals surface area contributed by atoms with E-state index in [1.165, 1.54) is 5.56 Å². The summed E-state index contributed by atoms with van der Waals surface area (Å²) in [5.74, 6) is 1.63. The summed E-state index contributed by atoms with van der Waals surface area (Å²) in [6.45, 7) is 1.43. The van der Waals surface area contributed by atoms with Crippen LogP contribution in [0.25, 0.3) is 0 Å². The lowest BCUT2D eigenvalue weighted by Gasteiger charge is -2.16. The van der Waals surface area contributed by atoms with Crippen LogP contribution >= 0.6 is 0 Å². The zero-order valence-electron chi connectivity index (χ0n) is 10.2. The molecule has 0 bridgehead atoms. The summed E-state index contributed by atoms with van der Waals surface area (Å²) < 4.78 is 10.6. The second-order valence-corrected chi connectivity index (χ2v) is 4.15. The Morgan fingerprint density at radius 1 is 1.29 bits per heavy atom. The van der Waals surface area contributed by atoms with E-state index in [2.05, 4.69) is 0 Å². The first kappa shape index (κ1) is 11.8. The highest BCUT2D eigenvalue weighted by Crippen LogP contribution is 2.32. The second kappa shape index (κ2) is 5.08. The molecule has 1 aliphatic heterocycles. The molecule has 0 N–H and O–H groups in total. The van der Waals surface area contributed by atoms with Crippen molar-refractivity contribution >= 4 is 6.41 Å². The molecular weight excluding hydrogens is 218 g/mol. The monoisotopic (exact) mass is 235 g/mol. The van der Waals surface area contributed by atoms with Crippen LogP contribution in [-0.2, 0) is 17.8 Å². The Morgan fingerprint density at radius 3 is 2.76 bits per heavy atom. The summed E-state index contributed by atoms with van der Waals surface area (Å²) >= 11 is 0. The van der Waals surface area contributed by atoms with Crippen LogP contribution in [0, 0.1) is 0 Å². The lowest BCUT2D eigenvalue weighted by Crippen LogP contribution is -2.20. The fraction of sp³-hybridized carbons (Fsp3) is 0.462. The average Bonchev–Trinajstić information content (AvgIpc) is 2.58. The van der Waals surface area contributed by atoms with Crippen molar-refractivity contribution in [1.82, 2.24) is 4.90 Å². The average molecular weight is 235 g/mol. The molecule has 1 amide bonds. The third-order valence-electron chi connectivity index (χ3n) is 3.13. The first-order chi connectivity index (χ1) is 8.28. The number of hydrogen-bond donors (Lipinski definition) is 0. The number of carbonyl (C=O) groups excluding carboxylic acids is 1. The van der Waals surface area contributed by atoms with E-state index in [1.54, 1.807) is 19.1 Å². The predicted molar refractivity (Wildman–Crippen MR) is 64.3 cm³/mol. The Morgan fingerprint density at radius 2 is 2.12 bits per heavy atom. The van der Waals surface area contributed by atoms with Crippen molar-refractivity contribution in [2.45, 2.75) is 19.4 Å². The predicted octanol–water partition coefficient (Wildman–Crippen LogP) is 1.61. The van der Waals surface area contributed by atoms with E-state index in [0.29, 0.717) is 6.54 Å². The van der Waals surface area contributed by atoms with Gasteiger partial charge in [-0.3, -0.25) is 4.79 Å². The molecule has 0 spiro atoms. The largest absolute Gasteiger partial charge is 0.497 e. The number of methoxy groups -OCH3 is 2. The highest BCUT2D eigenvalue weighted by molar-refractivity contribution is 5.51. The standard InChI is InChI=1S/C13H17NO3/c1-16-11-6-10-8-14(9-15)5-3-4-12(10)13(7-11)17-2/h6-7,9H,3-5,8H2,1-2H3. The second-order valence-electron chi connectivity index (χ2n) is 4.15. The molecule has 4 heteroatoms. The number of fused-ring (bicyclic) bond motifs is 1. The van der Waals surface area contributed by atoms with Crippen LogP contribution in [0.5, 0.6) is 11.5 Å². The molecule has 17 heavy (non-hydrogen) atoms. The molecular formula is C13H17NO3. The minimum atomic E-state index is 0.631. The molecule has 4 nitrogen and oxygen atoms in total. The molecule has 1 aliphatic rings. The van der Waals surface area contributed by atoms with Gasteiger partial charge in [-0.2, -0.15) is 0 Å². The number of ether oxygens (including phenoxy) is 2. The van der Waals surface area contributed by atoms with Gasteiger partial charge in [-0.1, -0.05) is 0 Å². The molecule has 2 rings (SSSR count). The molecule has 1 heterocycles. The van der Waals surface area contributed by atoms with Crippen LogP contribution < -0.4 is 9.47 Å². The zero-order valence-corrected chi connectivity index (χ0v) is 10.2. The Balaban J connectivity index is 2.43. The Bertz CT molecular complexity index is 417. The molecule has 0 unspecified atom stereocenters. The van der Waals surface area contributed by atoms with Crippen LogP contribution in [0.4, 0.5) is 0 Å². The van der Waals surface area contributed by atoms with Gasteiger partial charge in [-0.15, -0.1) is 0 Å². The van der Waals surface area contributed by atoms with Crippen molar-refractivity contribution in [3.63, 3.8) is 0 Å². The molecule has 0 fully saturated rings. The van der Waals surface area contributed by atoms with E-state index in [0.717, 1.165) is 42.9 Å². The number of carbonyl (C=O) groups is 1. The molecule has 1 aromatic rings. The quantitative estimate of drug-likeness (QED) is 0.747. The minimum Gasteiger partial charge on any atom is -0.497 e. The molecule has 0 atom stereocenters. The zero-order chi connectivity index (χ0) is 12.3. The molecule has 92 valence electrons. The van der Waals surface area contributed by atoms with Gasteiger partial charge in [0.05, 0.1) is 14.2 Å². The summed E-state index contributed by atoms with van der Waals surface area (Å²) in [4.78, 5) is 12.7. The smallest absolute Gasteiger partial charge is 0.210 e. The molecule has 0 radical (unpaired) electrons. The van der Waals surface area contributed by atoms with Gasteiger partial charge in [0.2, 0.25) is 6.41 Å². The maximum absolute atomic E-state index is 10.9. The normalized spacial score (nSPS) is 14.8. The van der Waals surface area contributed by atoms with Crippen molar-refractivity contribution in [2.75, 3.05) is 20.8 Å². The van der Waals surface area contributed by atoms with E-state index < -0.39 is 0 Å². The van der Waals surface area contributed by atoms with E-state index >= 15 is 0 Å². The summed E-state index contributed by atoms with van der Waals surface area (Å²) in [6.07, 6.45) is 2.81. The third-order valence-corrected chi connectivity index (χ3v) is 3.13. The van der Waals surface area contributed by atoms with E-state index in [4.69, 9.17) is 9.47 Å². The van der Waals surface area contributed by atoms with Gasteiger partial charge >= 0.3 is 0 Å². The third kappa shape index (κ3) is 2.35. The molecule has 1 aromatic carbocycles. The first-order valence-electron chi connectivity index (χ1n) is 5.71. The van der Waals surface area contributed by atoms with Gasteiger partial charge < -0.3 is 14.4 Å². The number of rotatable bonds is 3. The summed E-state index contributed by atoms with van der Waals surface area (Å²) in [7, 11) is 3.30. The van der Waals surface area contributed by atoms with E-state index in [1.807, 2.05) is 12.1 Å². The molecule has 0 aromatic heterocycles. The van der Waals surface area contributed by atoms with Crippen LogP contribution in [0.15, 0.2) is 12.1 Å². The number of hydrogen-bond acceptors (Lipinski definition) is 3. The van der Waals surface area contributed by atoms with Gasteiger partial charge in [0, 0.05) is 19.2 Å². The van der Waals surface area contributed by atoms with Crippen molar-refractivity contribution in [3.05, 3.63) is 23.3 Å². The van der Waals surface area contributed by atoms with Crippen molar-refractivity contribution in [2.24, 2.45) is 0 Å². The van der Waals surface area contributed by atoms with Gasteiger partial charge in [0.25, 0.3) is 0 Å². The highest BCUT2D eigenvalue weighted by Gasteiger charge is 2.17. The topological polar surface area (TPSA) is 38.8 Å². The fourth-order valence-electron chi connectivity index (χ4n) is 2.25. The minimum absolute atomic E-state index is 0.631. The lowest BCUT2D eigenvalue weighted by atomic mass is 10.0. The highest BCUT2D eigenvalue weighted by atomic mass is 16.5. The lowest BCUT2D eigenvalue weighted by molar-refractivity contribution is -0.118. The van der Waals surface area contributed by atoms with Crippen molar-refractivity contribution < 1.29 is 14.3 Å². The summed E-state index contributed by atoms with van der Waals surface area (Å²) in [5.41, 5.74) is 2.31. The van der Waals surface area contributed by atoms with Gasteiger partial charge in [-0.25, -0.2) is 0 Å². The van der Waals surface area contributed by atoms with E-state index in [9.17, 15) is 4.79 Å². The number of benzene rings is 1. The number of amides is 1. The van der Waals surface area contributed by atoms with Crippen LogP contribution in [0.3, 0.4) is 0 Å². The molecule has 0 aliphatic carbocycles. The maximum Gasteiger partial charge on any atom is 0.210 e. The summed E-state index contributed by atoms with van der Waals surface area (Å²) in [5, 5.41) is 0.